The van der Waals surface area contributed by atoms with E-state index in [-0.39, 0.29) is 31.7 Å². The molecule has 2 heterocycles. The monoisotopic (exact) mass is 690 g/mol. The molecule has 3 rings (SSSR count). The van der Waals surface area contributed by atoms with Crippen molar-refractivity contribution in [2.45, 2.75) is 75.3 Å². The van der Waals surface area contributed by atoms with E-state index >= 15 is 0 Å². The summed E-state index contributed by atoms with van der Waals surface area (Å²) in [6, 6.07) is 0.300. The number of nitrogens with two attached hydrogens (primary N) is 2. The molecule has 0 unspecified atom stereocenters. The molecule has 2 fully saturated rings. The Balaban J connectivity index is 1.55. The molecule has 19 nitrogen and oxygen atoms in total. The quantitative estimate of drug-likeness (QED) is 0.0840. The topological polar surface area (TPSA) is 304 Å². The molecule has 6 atom stereocenters. The number of phenols is 1. The molecule has 0 spiro atoms. The number of carbonyl (C=O) groups is 8. The number of carbonyl (C=O) groups excluding carboxylic acids is 7. The maximum atomic E-state index is 13.6. The largest absolute Gasteiger partial charge is 0.508 e. The molecule has 0 bridgehead atoms. The molecule has 0 aromatic heterocycles. The Hall–Kier alpha value is -5.30. The van der Waals surface area contributed by atoms with Gasteiger partial charge >= 0.3 is 5.97 Å². The number of aliphatic hydroxyl groups is 1. The van der Waals surface area contributed by atoms with Crippen molar-refractivity contribution in [3.8, 4) is 5.75 Å². The van der Waals surface area contributed by atoms with Crippen molar-refractivity contribution in [3.63, 3.8) is 0 Å². The molecule has 7 amide bonds. The zero-order chi connectivity index (χ0) is 36.4. The minimum atomic E-state index is -1.58. The first-order valence-electron chi connectivity index (χ1n) is 15.5. The van der Waals surface area contributed by atoms with Gasteiger partial charge in [0, 0.05) is 19.5 Å². The lowest BCUT2D eigenvalue weighted by Crippen LogP contribution is -2.56. The van der Waals surface area contributed by atoms with E-state index in [1.54, 1.807) is 12.1 Å². The second-order valence-corrected chi connectivity index (χ2v) is 11.9. The lowest BCUT2D eigenvalue weighted by molar-refractivity contribution is -0.147. The third kappa shape index (κ3) is 10.9. The van der Waals surface area contributed by atoms with Gasteiger partial charge in [0.2, 0.25) is 41.4 Å². The van der Waals surface area contributed by atoms with Crippen LogP contribution in [0, 0.1) is 0 Å². The van der Waals surface area contributed by atoms with Crippen LogP contribution in [0.2, 0.25) is 0 Å². The number of aliphatic hydroxyl groups excluding tert-OH is 1. The molecule has 49 heavy (non-hydrogen) atoms. The van der Waals surface area contributed by atoms with Crippen LogP contribution in [-0.4, -0.2) is 135 Å². The first-order valence-corrected chi connectivity index (χ1v) is 15.5. The van der Waals surface area contributed by atoms with Crippen LogP contribution in [0.15, 0.2) is 24.3 Å². The van der Waals surface area contributed by atoms with Crippen LogP contribution in [-0.2, 0) is 44.8 Å². The Morgan fingerprint density at radius 2 is 1.61 bits per heavy atom. The van der Waals surface area contributed by atoms with Crippen LogP contribution < -0.4 is 32.7 Å². The number of benzene rings is 1. The van der Waals surface area contributed by atoms with Gasteiger partial charge in [-0.15, -0.1) is 0 Å². The smallest absolute Gasteiger partial charge is 0.305 e. The van der Waals surface area contributed by atoms with Crippen molar-refractivity contribution >= 4 is 47.3 Å². The van der Waals surface area contributed by atoms with Gasteiger partial charge in [0.1, 0.15) is 29.9 Å². The third-order valence-corrected chi connectivity index (χ3v) is 8.04. The summed E-state index contributed by atoms with van der Waals surface area (Å²) in [5.41, 5.74) is 11.8. The summed E-state index contributed by atoms with van der Waals surface area (Å²) < 4.78 is 0. The summed E-state index contributed by atoms with van der Waals surface area (Å²) in [7, 11) is 0. The van der Waals surface area contributed by atoms with Gasteiger partial charge in [0.25, 0.3) is 0 Å². The van der Waals surface area contributed by atoms with Gasteiger partial charge in [-0.25, -0.2) is 0 Å². The number of phenolic OH excluding ortho intramolecular Hbond substituents is 1. The van der Waals surface area contributed by atoms with E-state index in [2.05, 4.69) is 21.3 Å². The van der Waals surface area contributed by atoms with Crippen LogP contribution in [0.4, 0.5) is 0 Å². The summed E-state index contributed by atoms with van der Waals surface area (Å²) >= 11 is 0. The van der Waals surface area contributed by atoms with Crippen molar-refractivity contribution in [1.29, 1.82) is 0 Å². The number of nitrogens with zero attached hydrogens (tertiary/aromatic N) is 2. The van der Waals surface area contributed by atoms with Gasteiger partial charge in [-0.3, -0.25) is 38.4 Å². The number of aromatic hydroxyl groups is 1. The summed E-state index contributed by atoms with van der Waals surface area (Å²) in [4.78, 5) is 102. The number of carboxylic acid groups (broad SMARTS) is 1. The van der Waals surface area contributed by atoms with Crippen LogP contribution in [0.5, 0.6) is 5.75 Å². The van der Waals surface area contributed by atoms with Crippen LogP contribution in [0.3, 0.4) is 0 Å². The summed E-state index contributed by atoms with van der Waals surface area (Å²) in [6.07, 6.45) is -0.987. The minimum absolute atomic E-state index is 0.0636. The van der Waals surface area contributed by atoms with E-state index in [0.29, 0.717) is 18.4 Å². The number of β-amino-alcohol motifs (C(OH)–C–C–N with tert-alkyl or cyclic N) is 1. The first kappa shape index (κ1) is 38.2. The highest BCUT2D eigenvalue weighted by molar-refractivity contribution is 5.97. The number of primary amides is 1. The molecule has 19 heteroatoms. The normalized spacial score (nSPS) is 20.4. The zero-order valence-corrected chi connectivity index (χ0v) is 26.8. The maximum absolute atomic E-state index is 13.6. The number of rotatable bonds is 15. The molecule has 11 N–H and O–H groups in total. The number of amides is 7. The van der Waals surface area contributed by atoms with Crippen molar-refractivity contribution in [3.05, 3.63) is 29.8 Å². The average Bonchev–Trinajstić information content (AvgIpc) is 3.69. The second kappa shape index (κ2) is 17.2. The fraction of sp³-hybridized carbons (Fsp3) is 0.533. The van der Waals surface area contributed by atoms with Gasteiger partial charge in [0.15, 0.2) is 0 Å². The van der Waals surface area contributed by atoms with E-state index in [0.717, 1.165) is 0 Å². The van der Waals surface area contributed by atoms with Crippen molar-refractivity contribution < 1.29 is 53.7 Å². The van der Waals surface area contributed by atoms with Crippen molar-refractivity contribution in [2.24, 2.45) is 11.5 Å². The molecule has 2 aliphatic heterocycles. The fourth-order valence-corrected chi connectivity index (χ4v) is 5.59. The van der Waals surface area contributed by atoms with Gasteiger partial charge in [-0.05, 0) is 43.9 Å². The molecular formula is C30H42N8O11. The predicted molar refractivity (Wildman–Crippen MR) is 168 cm³/mol. The standard InChI is InChI=1S/C30H42N8O11/c1-15(26(45)36-20(11-25(43)44)27(46)33-12-23(32)41)35-24(42)13-34-28(47)22-10-18(40)14-38(22)30(49)21-3-2-8-37(21)29(48)19(31)9-16-4-6-17(39)7-5-16/h4-7,15,18-22,39-40H,2-3,8-14,31H2,1H3,(H2,32,41)(H,33,46)(H,34,47)(H,35,42)(H,36,45)(H,43,44)/t15-,18-,19-,20-,21-,22-/m1/s1. The Morgan fingerprint density at radius 3 is 2.24 bits per heavy atom. The highest BCUT2D eigenvalue weighted by atomic mass is 16.4. The SMILES string of the molecule is C[C@@H](NC(=O)CNC(=O)[C@H]1C[C@@H](O)CN1C(=O)[C@H]1CCCN1C(=O)[C@H](N)Cc1ccc(O)cc1)C(=O)N[C@H](CC(=O)O)C(=O)NCC(N)=O. The van der Waals surface area contributed by atoms with Crippen LogP contribution in [0.1, 0.15) is 38.2 Å². The number of aliphatic carboxylic acids is 1. The Labute approximate surface area is 280 Å². The van der Waals surface area contributed by atoms with Crippen molar-refractivity contribution in [2.75, 3.05) is 26.2 Å². The number of carboxylic acids is 1. The third-order valence-electron chi connectivity index (χ3n) is 8.04. The van der Waals surface area contributed by atoms with Crippen LogP contribution >= 0.6 is 0 Å². The molecule has 1 aromatic rings. The molecule has 2 saturated heterocycles. The van der Waals surface area contributed by atoms with E-state index in [4.69, 9.17) is 16.6 Å². The summed E-state index contributed by atoms with van der Waals surface area (Å²) in [5, 5.41) is 37.8. The molecule has 1 aromatic carbocycles. The predicted octanol–water partition coefficient (Wildman–Crippen LogP) is -4.60. The molecule has 2 aliphatic rings. The van der Waals surface area contributed by atoms with Gasteiger partial charge in [-0.1, -0.05) is 12.1 Å². The van der Waals surface area contributed by atoms with E-state index in [9.17, 15) is 48.6 Å². The Bertz CT molecular complexity index is 1440. The molecule has 0 saturated carbocycles. The molecule has 0 radical (unpaired) electrons. The summed E-state index contributed by atoms with van der Waals surface area (Å²) in [5.74, 6) is -6.78. The zero-order valence-electron chi connectivity index (χ0n) is 26.8. The number of hydrogen-bond donors (Lipinski definition) is 9. The van der Waals surface area contributed by atoms with Crippen molar-refractivity contribution in [1.82, 2.24) is 31.1 Å². The van der Waals surface area contributed by atoms with Gasteiger partial charge in [-0.2, -0.15) is 0 Å². The number of hydrogen-bond acceptors (Lipinski definition) is 11. The van der Waals surface area contributed by atoms with E-state index < -0.39 is 103 Å². The average molecular weight is 691 g/mol. The lowest BCUT2D eigenvalue weighted by atomic mass is 10.0. The first-order chi connectivity index (χ1) is 23.1. The number of likely N-dealkylation sites (tertiary alicyclic amines) is 2. The number of nitrogens with one attached hydrogen (secondary N) is 4. The maximum Gasteiger partial charge on any atom is 0.305 e. The Morgan fingerprint density at radius 1 is 0.939 bits per heavy atom. The molecule has 0 aliphatic carbocycles. The van der Waals surface area contributed by atoms with Gasteiger partial charge in [0.05, 0.1) is 31.7 Å². The molecule has 268 valence electrons. The van der Waals surface area contributed by atoms with E-state index in [1.165, 1.54) is 28.9 Å². The Kier molecular flexibility index (Phi) is 13.4. The highest BCUT2D eigenvalue weighted by Gasteiger charge is 2.45. The fourth-order valence-electron chi connectivity index (χ4n) is 5.59. The van der Waals surface area contributed by atoms with Crippen LogP contribution in [0.25, 0.3) is 0 Å². The minimum Gasteiger partial charge on any atom is -0.508 e. The molecular weight excluding hydrogens is 648 g/mol. The lowest BCUT2D eigenvalue weighted by Gasteiger charge is -2.32. The highest BCUT2D eigenvalue weighted by Crippen LogP contribution is 2.26. The van der Waals surface area contributed by atoms with E-state index in [1.807, 2.05) is 0 Å². The summed E-state index contributed by atoms with van der Waals surface area (Å²) in [6.45, 7) is 0.108. The van der Waals surface area contributed by atoms with Gasteiger partial charge < -0.3 is 57.9 Å². The second-order valence-electron chi connectivity index (χ2n) is 11.9.